The van der Waals surface area contributed by atoms with E-state index >= 15 is 0 Å². The molecule has 2 rings (SSSR count). The van der Waals surface area contributed by atoms with Crippen LogP contribution in [0.2, 0.25) is 0 Å². The predicted octanol–water partition coefficient (Wildman–Crippen LogP) is 2.29. The largest absolute Gasteiger partial charge is 0.345 e. The van der Waals surface area contributed by atoms with Crippen molar-refractivity contribution in [2.24, 2.45) is 5.92 Å². The fourth-order valence-corrected chi connectivity index (χ4v) is 2.21. The Balaban J connectivity index is 1.90. The summed E-state index contributed by atoms with van der Waals surface area (Å²) in [5.41, 5.74) is 0.487. The lowest BCUT2D eigenvalue weighted by molar-refractivity contribution is -0.385. The number of aromatic nitrogens is 2. The van der Waals surface area contributed by atoms with E-state index in [0.29, 0.717) is 18.5 Å². The second-order valence-electron chi connectivity index (χ2n) is 4.40. The zero-order valence-electron chi connectivity index (χ0n) is 9.75. The lowest BCUT2D eigenvalue weighted by atomic mass is 9.81. The minimum Gasteiger partial charge on any atom is -0.323 e. The Hall–Kier alpha value is -1.57. The summed E-state index contributed by atoms with van der Waals surface area (Å²) in [6.45, 7) is -1.08. The van der Waals surface area contributed by atoms with Crippen LogP contribution < -0.4 is 0 Å². The van der Waals surface area contributed by atoms with Gasteiger partial charge in [-0.15, -0.1) is 0 Å². The molecule has 1 aliphatic carbocycles. The summed E-state index contributed by atoms with van der Waals surface area (Å²) in [6.07, 6.45) is 2.54. The molecule has 1 aliphatic rings. The highest BCUT2D eigenvalue weighted by molar-refractivity contribution is 5.32. The second-order valence-corrected chi connectivity index (χ2v) is 4.40. The highest BCUT2D eigenvalue weighted by Crippen LogP contribution is 2.39. The van der Waals surface area contributed by atoms with Crippen molar-refractivity contribution < 1.29 is 18.4 Å². The Kier molecular flexibility index (Phi) is 3.55. The quantitative estimate of drug-likeness (QED) is 0.602. The van der Waals surface area contributed by atoms with E-state index in [1.165, 1.54) is 6.20 Å². The second kappa shape index (κ2) is 4.97. The van der Waals surface area contributed by atoms with Crippen LogP contribution in [0.5, 0.6) is 0 Å². The molecule has 0 spiro atoms. The van der Waals surface area contributed by atoms with Crippen molar-refractivity contribution in [3.05, 3.63) is 22.0 Å². The van der Waals surface area contributed by atoms with E-state index in [2.05, 4.69) is 9.84 Å². The first-order chi connectivity index (χ1) is 8.49. The van der Waals surface area contributed by atoms with E-state index in [4.69, 9.17) is 0 Å². The molecule has 8 heteroatoms. The highest BCUT2D eigenvalue weighted by atomic mass is 19.3. The normalized spacial score (nSPS) is 23.1. The summed E-state index contributed by atoms with van der Waals surface area (Å²) in [7, 11) is 0. The molecule has 1 aromatic heterocycles. The average Bonchev–Trinajstić information content (AvgIpc) is 2.58. The van der Waals surface area contributed by atoms with Crippen molar-refractivity contribution in [3.8, 4) is 0 Å². The number of rotatable bonds is 5. The minimum atomic E-state index is -2.74. The van der Waals surface area contributed by atoms with Gasteiger partial charge < -0.3 is 4.74 Å². The first kappa shape index (κ1) is 12.9. The zero-order valence-corrected chi connectivity index (χ0v) is 9.75. The molecule has 1 fully saturated rings. The number of nitrogens with zero attached hydrogens (tertiary/aromatic N) is 3. The van der Waals surface area contributed by atoms with Gasteiger partial charge in [-0.2, -0.15) is 13.9 Å². The molecule has 6 nitrogen and oxygen atoms in total. The van der Waals surface area contributed by atoms with Gasteiger partial charge in [0.15, 0.2) is 0 Å². The number of alkyl halides is 2. The van der Waals surface area contributed by atoms with Crippen molar-refractivity contribution in [2.45, 2.75) is 32.4 Å². The standard InChI is InChI=1S/C10H13F2N3O3/c1-6-9(15(16)17)4-13-14(6)8-2-7(3-8)5-18-10(11)12/h4,7-8,10H,2-3,5H2,1H3/t7-,8-. The van der Waals surface area contributed by atoms with Crippen LogP contribution in [-0.4, -0.2) is 27.9 Å². The van der Waals surface area contributed by atoms with Gasteiger partial charge in [-0.05, 0) is 25.7 Å². The predicted molar refractivity (Wildman–Crippen MR) is 57.3 cm³/mol. The van der Waals surface area contributed by atoms with E-state index in [1.807, 2.05) is 0 Å². The summed E-state index contributed by atoms with van der Waals surface area (Å²) >= 11 is 0. The van der Waals surface area contributed by atoms with Crippen molar-refractivity contribution in [3.63, 3.8) is 0 Å². The number of ether oxygens (including phenoxy) is 1. The fraction of sp³-hybridized carbons (Fsp3) is 0.700. The molecule has 0 unspecified atom stereocenters. The van der Waals surface area contributed by atoms with Crippen molar-refractivity contribution in [1.29, 1.82) is 0 Å². The first-order valence-corrected chi connectivity index (χ1v) is 5.57. The highest BCUT2D eigenvalue weighted by Gasteiger charge is 2.34. The van der Waals surface area contributed by atoms with Crippen LogP contribution in [0, 0.1) is 23.0 Å². The zero-order chi connectivity index (χ0) is 13.3. The SMILES string of the molecule is Cc1c([N+](=O)[O-])cnn1[C@H]1C[C@H](COC(F)F)C1. The van der Waals surface area contributed by atoms with Gasteiger partial charge in [-0.25, -0.2) is 0 Å². The van der Waals surface area contributed by atoms with E-state index in [9.17, 15) is 18.9 Å². The lowest BCUT2D eigenvalue weighted by Gasteiger charge is -2.35. The van der Waals surface area contributed by atoms with Crippen LogP contribution in [0.1, 0.15) is 24.6 Å². The van der Waals surface area contributed by atoms with Crippen LogP contribution in [0.15, 0.2) is 6.20 Å². The van der Waals surface area contributed by atoms with E-state index < -0.39 is 11.5 Å². The molecular formula is C10H13F2N3O3. The van der Waals surface area contributed by atoms with Crippen LogP contribution in [0.4, 0.5) is 14.5 Å². The third kappa shape index (κ3) is 2.47. The molecule has 0 aromatic carbocycles. The third-order valence-corrected chi connectivity index (χ3v) is 3.23. The summed E-state index contributed by atoms with van der Waals surface area (Å²) in [5.74, 6) is 0.0756. The van der Waals surface area contributed by atoms with Crippen LogP contribution in [0.3, 0.4) is 0 Å². The van der Waals surface area contributed by atoms with Crippen LogP contribution in [0.25, 0.3) is 0 Å². The number of nitro groups is 1. The fourth-order valence-electron chi connectivity index (χ4n) is 2.21. The summed E-state index contributed by atoms with van der Waals surface area (Å²) < 4.78 is 29.5. The lowest BCUT2D eigenvalue weighted by Crippen LogP contribution is -2.31. The van der Waals surface area contributed by atoms with Crippen LogP contribution in [-0.2, 0) is 4.74 Å². The summed E-state index contributed by atoms with van der Waals surface area (Å²) in [5, 5.41) is 14.6. The molecule has 1 saturated carbocycles. The van der Waals surface area contributed by atoms with Gasteiger partial charge in [0, 0.05) is 0 Å². The maximum Gasteiger partial charge on any atom is 0.345 e. The maximum atomic E-state index is 11.8. The summed E-state index contributed by atoms with van der Waals surface area (Å²) in [6, 6.07) is 0.0463. The Labute approximate surface area is 102 Å². The Bertz CT molecular complexity index is 444. The van der Waals surface area contributed by atoms with Gasteiger partial charge in [0.2, 0.25) is 0 Å². The maximum absolute atomic E-state index is 11.8. The molecule has 0 N–H and O–H groups in total. The molecule has 1 heterocycles. The first-order valence-electron chi connectivity index (χ1n) is 5.57. The van der Waals surface area contributed by atoms with Gasteiger partial charge >= 0.3 is 12.3 Å². The monoisotopic (exact) mass is 261 g/mol. The Morgan fingerprint density at radius 1 is 1.67 bits per heavy atom. The number of hydrogen-bond donors (Lipinski definition) is 0. The number of halogens is 2. The van der Waals surface area contributed by atoms with E-state index in [1.54, 1.807) is 11.6 Å². The van der Waals surface area contributed by atoms with Crippen molar-refractivity contribution in [1.82, 2.24) is 9.78 Å². The molecule has 0 atom stereocenters. The van der Waals surface area contributed by atoms with Crippen molar-refractivity contribution >= 4 is 5.69 Å². The van der Waals surface area contributed by atoms with Gasteiger partial charge in [-0.1, -0.05) is 0 Å². The molecule has 1 aromatic rings. The van der Waals surface area contributed by atoms with Crippen LogP contribution >= 0.6 is 0 Å². The molecule has 0 saturated heterocycles. The van der Waals surface area contributed by atoms with Gasteiger partial charge in [0.25, 0.3) is 0 Å². The topological polar surface area (TPSA) is 70.2 Å². The molecule has 0 bridgehead atoms. The van der Waals surface area contributed by atoms with E-state index in [0.717, 1.165) is 0 Å². The molecule has 100 valence electrons. The Morgan fingerprint density at radius 3 is 2.83 bits per heavy atom. The molecular weight excluding hydrogens is 248 g/mol. The minimum absolute atomic E-state index is 0.0118. The molecule has 0 aliphatic heterocycles. The molecule has 18 heavy (non-hydrogen) atoms. The third-order valence-electron chi connectivity index (χ3n) is 3.23. The average molecular weight is 261 g/mol. The van der Waals surface area contributed by atoms with Gasteiger partial charge in [-0.3, -0.25) is 14.8 Å². The van der Waals surface area contributed by atoms with E-state index in [-0.39, 0.29) is 24.3 Å². The Morgan fingerprint density at radius 2 is 2.33 bits per heavy atom. The number of hydrogen-bond acceptors (Lipinski definition) is 4. The smallest absolute Gasteiger partial charge is 0.323 e. The van der Waals surface area contributed by atoms with Crippen molar-refractivity contribution in [2.75, 3.05) is 6.61 Å². The molecule has 0 radical (unpaired) electrons. The van der Waals surface area contributed by atoms with Gasteiger partial charge in [0.05, 0.1) is 17.6 Å². The molecule has 0 amide bonds. The van der Waals surface area contributed by atoms with Gasteiger partial charge in [0.1, 0.15) is 11.9 Å². The summed E-state index contributed by atoms with van der Waals surface area (Å²) in [4.78, 5) is 10.2.